The number of unbranched alkanes of at least 4 members (excludes halogenated alkanes) is 1. The van der Waals surface area contributed by atoms with E-state index in [0.29, 0.717) is 12.8 Å². The number of hydrogen-bond donors (Lipinski definition) is 22. The van der Waals surface area contributed by atoms with Crippen LogP contribution in [0.3, 0.4) is 0 Å². The molecule has 38 nitrogen and oxygen atoms in total. The molecular weight excluding hydrogens is 1210 g/mol. The lowest BCUT2D eigenvalue weighted by Crippen LogP contribution is -2.71. The number of aliphatic hydroxyl groups excluding tert-OH is 18. The van der Waals surface area contributed by atoms with Crippen LogP contribution in [0.25, 0.3) is 0 Å². The fourth-order valence-corrected chi connectivity index (χ4v) is 11.2. The SMILES string of the molecule is CCCCO[C@@H]1OC(CO)[C@@H](O[C@@H]2OC(CO)[C@H](O)C(O[C@@H]3OC(CO[C@@H]4CC(O)[C@@H](NC(C)=O)C([C@H](O)[C@H](O)CO)O4)[C@@H](O)C(O[C@@H]4OC(CO)[C@H](O)C(O[C@]5(C(=O)O)CC(O)[C@@H](NC(C)=O)C([C@H](O)[C@H](O)CO)O5)C4O)C3NC(C)=O)C2O)C(O)C1O. The molecule has 38 heteroatoms. The van der Waals surface area contributed by atoms with Crippen molar-refractivity contribution in [2.24, 2.45) is 0 Å². The maximum Gasteiger partial charge on any atom is 0.364 e. The van der Waals surface area contributed by atoms with E-state index in [1.165, 1.54) is 0 Å². The third-order valence-electron chi connectivity index (χ3n) is 15.9. The summed E-state index contributed by atoms with van der Waals surface area (Å²) in [4.78, 5) is 50.9. The second-order valence-electron chi connectivity index (χ2n) is 22.5. The first-order chi connectivity index (χ1) is 42.0. The number of hydrogen-bond acceptors (Lipinski definition) is 34. The van der Waals surface area contributed by atoms with Crippen molar-refractivity contribution in [2.75, 3.05) is 46.2 Å². The minimum Gasteiger partial charge on any atom is -0.477 e. The highest BCUT2D eigenvalue weighted by Crippen LogP contribution is 2.40. The van der Waals surface area contributed by atoms with Gasteiger partial charge in [0, 0.05) is 40.2 Å². The Morgan fingerprint density at radius 1 is 0.517 bits per heavy atom. The summed E-state index contributed by atoms with van der Waals surface area (Å²) < 4.78 is 70.4. The maximum atomic E-state index is 13.3. The van der Waals surface area contributed by atoms with E-state index in [2.05, 4.69) is 16.0 Å². The van der Waals surface area contributed by atoms with Crippen LogP contribution >= 0.6 is 0 Å². The molecule has 22 N–H and O–H groups in total. The van der Waals surface area contributed by atoms with Gasteiger partial charge in [-0.25, -0.2) is 4.79 Å². The van der Waals surface area contributed by atoms with Crippen LogP contribution in [0.1, 0.15) is 53.4 Å². The molecule has 6 aliphatic heterocycles. The zero-order valence-electron chi connectivity index (χ0n) is 48.7. The number of aliphatic hydroxyl groups is 18. The predicted molar refractivity (Wildman–Crippen MR) is 280 cm³/mol. The van der Waals surface area contributed by atoms with Gasteiger partial charge in [0.05, 0.1) is 63.9 Å². The summed E-state index contributed by atoms with van der Waals surface area (Å²) in [6.07, 6.45) is -57.1. The van der Waals surface area contributed by atoms with Crippen molar-refractivity contribution in [3.05, 3.63) is 0 Å². The number of nitrogens with one attached hydrogen (secondary N) is 3. The summed E-state index contributed by atoms with van der Waals surface area (Å²) in [5, 5.41) is 216. The van der Waals surface area contributed by atoms with E-state index < -0.39 is 272 Å². The summed E-state index contributed by atoms with van der Waals surface area (Å²) in [7, 11) is 0. The van der Waals surface area contributed by atoms with E-state index in [1.807, 2.05) is 6.92 Å². The molecule has 0 aromatic carbocycles. The lowest BCUT2D eigenvalue weighted by Gasteiger charge is -2.51. The number of amides is 3. The van der Waals surface area contributed by atoms with Crippen LogP contribution in [0.15, 0.2) is 0 Å². The monoisotopic (exact) mass is 1300 g/mol. The molecule has 6 rings (SSSR count). The second-order valence-corrected chi connectivity index (χ2v) is 22.5. The van der Waals surface area contributed by atoms with E-state index in [4.69, 9.17) is 56.8 Å². The average molecular weight is 1300 g/mol. The lowest BCUT2D eigenvalue weighted by molar-refractivity contribution is -0.390. The molecule has 0 radical (unpaired) electrons. The minimum absolute atomic E-state index is 0.0756. The third kappa shape index (κ3) is 17.5. The van der Waals surface area contributed by atoms with E-state index in [1.54, 1.807) is 0 Å². The van der Waals surface area contributed by atoms with Crippen LogP contribution in [0, 0.1) is 0 Å². The highest BCUT2D eigenvalue weighted by atomic mass is 16.8. The Morgan fingerprint density at radius 2 is 0.989 bits per heavy atom. The molecule has 0 aromatic heterocycles. The zero-order valence-corrected chi connectivity index (χ0v) is 48.7. The number of rotatable bonds is 28. The molecule has 6 heterocycles. The van der Waals surface area contributed by atoms with Crippen LogP contribution in [-0.2, 0) is 76.0 Å². The Kier molecular flexibility index (Phi) is 27.9. The summed E-state index contributed by atoms with van der Waals surface area (Å²) in [5.74, 6) is -7.96. The second kappa shape index (κ2) is 33.2. The largest absolute Gasteiger partial charge is 0.477 e. The van der Waals surface area contributed by atoms with E-state index in [-0.39, 0.29) is 6.61 Å². The van der Waals surface area contributed by atoms with Crippen molar-refractivity contribution in [1.29, 1.82) is 0 Å². The van der Waals surface area contributed by atoms with Gasteiger partial charge in [-0.05, 0) is 6.42 Å². The molecule has 3 amide bonds. The first kappa shape index (κ1) is 74.7. The molecule has 0 aromatic rings. The first-order valence-corrected chi connectivity index (χ1v) is 28.8. The fraction of sp³-hybridized carbons (Fsp3) is 0.922. The highest BCUT2D eigenvalue weighted by molar-refractivity contribution is 5.77. The quantitative estimate of drug-likeness (QED) is 0.0324. The number of aliphatic carboxylic acids is 1. The van der Waals surface area contributed by atoms with E-state index in [9.17, 15) is 116 Å². The van der Waals surface area contributed by atoms with Gasteiger partial charge in [0.25, 0.3) is 5.79 Å². The average Bonchev–Trinajstić information content (AvgIpc) is 1.81. The van der Waals surface area contributed by atoms with Gasteiger partial charge in [-0.3, -0.25) is 14.4 Å². The van der Waals surface area contributed by atoms with Gasteiger partial charge < -0.3 is 170 Å². The van der Waals surface area contributed by atoms with Gasteiger partial charge in [0.1, 0.15) is 134 Å². The summed E-state index contributed by atoms with van der Waals surface area (Å²) in [5.41, 5.74) is 0. The molecule has 0 spiro atoms. The van der Waals surface area contributed by atoms with E-state index >= 15 is 0 Å². The minimum atomic E-state index is -3.28. The molecule has 6 saturated heterocycles. The molecule has 6 aliphatic rings. The predicted octanol–water partition coefficient (Wildman–Crippen LogP) is -12.9. The molecule has 516 valence electrons. The summed E-state index contributed by atoms with van der Waals surface area (Å²) in [6.45, 7) is -1.39. The summed E-state index contributed by atoms with van der Waals surface area (Å²) in [6, 6.07) is -5.15. The van der Waals surface area contributed by atoms with Crippen molar-refractivity contribution in [3.63, 3.8) is 0 Å². The Balaban J connectivity index is 1.38. The van der Waals surface area contributed by atoms with Gasteiger partial charge in [-0.1, -0.05) is 13.3 Å². The topological polar surface area (TPSA) is 600 Å². The van der Waals surface area contributed by atoms with Gasteiger partial charge in [-0.2, -0.15) is 0 Å². The van der Waals surface area contributed by atoms with Gasteiger partial charge in [0.2, 0.25) is 17.7 Å². The van der Waals surface area contributed by atoms with Gasteiger partial charge >= 0.3 is 5.97 Å². The summed E-state index contributed by atoms with van der Waals surface area (Å²) >= 11 is 0. The number of carboxylic acids is 1. The fourth-order valence-electron chi connectivity index (χ4n) is 11.2. The number of ether oxygens (including phenoxy) is 12. The van der Waals surface area contributed by atoms with Crippen LogP contribution in [0.2, 0.25) is 0 Å². The normalized spacial score (nSPS) is 43.5. The molecule has 89 heavy (non-hydrogen) atoms. The molecule has 0 bridgehead atoms. The number of carbonyl (C=O) groups is 4. The lowest BCUT2D eigenvalue weighted by atomic mass is 9.88. The van der Waals surface area contributed by atoms with Crippen molar-refractivity contribution in [1.82, 2.24) is 16.0 Å². The molecule has 32 atom stereocenters. The van der Waals surface area contributed by atoms with Crippen molar-refractivity contribution in [2.45, 2.75) is 249 Å². The number of carboxylic acid groups (broad SMARTS) is 1. The van der Waals surface area contributed by atoms with Gasteiger partial charge in [-0.15, -0.1) is 0 Å². The molecule has 16 unspecified atom stereocenters. The van der Waals surface area contributed by atoms with Crippen molar-refractivity contribution >= 4 is 23.7 Å². The standard InChI is InChI=1S/C51H87N3O35/c1-5-6-7-78-47-37(73)36(72)40(25(14-59)82-47)85-48-38(74)44(33(69)23(12-57)80-48)87-46-30(54-18(4)62)42(35(71)26(83-46)15-79-27-8-19(63)28(52-16(2)60)41(84-27)31(67)21(65)10-55)86-49-39(75)45(34(70)24(13-58)81-49)89-51(50(76)77)9-20(64)29(53-17(3)61)43(88-51)32(68)22(66)11-56/h19-49,55-59,63-75H,5-15H2,1-4H3,(H,52,60)(H,53,61)(H,54,62)(H,76,77)/t19?,20?,21-,22-,23?,24?,25?,26?,27+,28-,29-,30?,31-,32-,33+,34+,35-,36?,37?,38?,39?,40-,41?,42?,43?,44?,45?,46+,47-,48+,49+,51+/m1/s1. The van der Waals surface area contributed by atoms with Crippen LogP contribution < -0.4 is 16.0 Å². The molecule has 0 saturated carbocycles. The maximum absolute atomic E-state index is 13.3. The van der Waals surface area contributed by atoms with Crippen LogP contribution in [-0.4, -0.2) is 363 Å². The first-order valence-electron chi connectivity index (χ1n) is 28.8. The smallest absolute Gasteiger partial charge is 0.364 e. The highest BCUT2D eigenvalue weighted by Gasteiger charge is 2.62. The number of carbonyl (C=O) groups excluding carboxylic acids is 3. The van der Waals surface area contributed by atoms with Crippen LogP contribution in [0.4, 0.5) is 0 Å². The van der Waals surface area contributed by atoms with E-state index in [0.717, 1.165) is 20.8 Å². The Morgan fingerprint density at radius 3 is 1.52 bits per heavy atom. The Hall–Kier alpha value is -3.32. The Bertz CT molecular complexity index is 2240. The Labute approximate surface area is 507 Å². The van der Waals surface area contributed by atoms with Crippen LogP contribution in [0.5, 0.6) is 0 Å². The van der Waals surface area contributed by atoms with Crippen molar-refractivity contribution < 1.29 is 173 Å². The molecular formula is C51H87N3O35. The van der Waals surface area contributed by atoms with Crippen molar-refractivity contribution in [3.8, 4) is 0 Å². The zero-order chi connectivity index (χ0) is 66.1. The molecule has 6 fully saturated rings. The van der Waals surface area contributed by atoms with Gasteiger partial charge in [0.15, 0.2) is 31.5 Å². The third-order valence-corrected chi connectivity index (χ3v) is 15.9. The molecule has 0 aliphatic carbocycles.